The highest BCUT2D eigenvalue weighted by atomic mass is 16.5. The molecular weight excluding hydrogens is 420 g/mol. The fraction of sp³-hybridized carbons (Fsp3) is 0.360. The van der Waals surface area contributed by atoms with Crippen molar-refractivity contribution in [3.8, 4) is 11.5 Å². The Morgan fingerprint density at radius 3 is 2.15 bits per heavy atom. The monoisotopic (exact) mass is 448 g/mol. The molecule has 2 amide bonds. The lowest BCUT2D eigenvalue weighted by Gasteiger charge is -2.33. The van der Waals surface area contributed by atoms with Gasteiger partial charge in [0.15, 0.2) is 0 Å². The Labute approximate surface area is 192 Å². The van der Waals surface area contributed by atoms with Gasteiger partial charge in [-0.05, 0) is 57.0 Å². The van der Waals surface area contributed by atoms with Crippen LogP contribution in [0.5, 0.6) is 11.5 Å². The van der Waals surface area contributed by atoms with Crippen LogP contribution in [-0.2, 0) is 0 Å². The SMILES string of the molecule is COc1cccc(OC)c1C(=O)N1CCC(NC(=O)c2ccc3nc(C)c(C)nc3c2)CC1. The fourth-order valence-electron chi connectivity index (χ4n) is 4.09. The van der Waals surface area contributed by atoms with Crippen LogP contribution in [0.4, 0.5) is 0 Å². The topological polar surface area (TPSA) is 93.7 Å². The maximum atomic E-state index is 13.2. The van der Waals surface area contributed by atoms with Gasteiger partial charge in [-0.2, -0.15) is 0 Å². The number of ether oxygens (including phenoxy) is 2. The van der Waals surface area contributed by atoms with Crippen LogP contribution in [0, 0.1) is 13.8 Å². The number of likely N-dealkylation sites (tertiary alicyclic amines) is 1. The summed E-state index contributed by atoms with van der Waals surface area (Å²) in [5, 5.41) is 3.10. The minimum absolute atomic E-state index is 0.0114. The summed E-state index contributed by atoms with van der Waals surface area (Å²) in [7, 11) is 3.07. The van der Waals surface area contributed by atoms with Crippen LogP contribution in [0.1, 0.15) is 44.9 Å². The van der Waals surface area contributed by atoms with Crippen molar-refractivity contribution in [2.45, 2.75) is 32.7 Å². The number of nitrogens with zero attached hydrogens (tertiary/aromatic N) is 3. The Morgan fingerprint density at radius 2 is 1.55 bits per heavy atom. The number of amides is 2. The maximum absolute atomic E-state index is 13.2. The first kappa shape index (κ1) is 22.5. The van der Waals surface area contributed by atoms with Crippen molar-refractivity contribution < 1.29 is 19.1 Å². The quantitative estimate of drug-likeness (QED) is 0.644. The molecule has 2 aromatic carbocycles. The second kappa shape index (κ2) is 9.44. The second-order valence-corrected chi connectivity index (χ2v) is 8.18. The number of aromatic nitrogens is 2. The standard InChI is InChI=1S/C25H28N4O4/c1-15-16(2)27-20-14-17(8-9-19(20)26-15)24(30)28-18-10-12-29(13-11-18)25(31)23-21(32-3)6-5-7-22(23)33-4/h5-9,14,18H,10-13H2,1-4H3,(H,28,30). The number of carbonyl (C=O) groups is 2. The van der Waals surface area contributed by atoms with Gasteiger partial charge in [0.25, 0.3) is 11.8 Å². The number of rotatable bonds is 5. The van der Waals surface area contributed by atoms with Crippen LogP contribution in [0.2, 0.25) is 0 Å². The second-order valence-electron chi connectivity index (χ2n) is 8.18. The highest BCUT2D eigenvalue weighted by Crippen LogP contribution is 2.30. The van der Waals surface area contributed by atoms with E-state index in [1.165, 1.54) is 14.2 Å². The molecule has 172 valence electrons. The van der Waals surface area contributed by atoms with E-state index in [9.17, 15) is 9.59 Å². The minimum Gasteiger partial charge on any atom is -0.496 e. The Morgan fingerprint density at radius 1 is 0.939 bits per heavy atom. The van der Waals surface area contributed by atoms with Crippen molar-refractivity contribution >= 4 is 22.8 Å². The number of methoxy groups -OCH3 is 2. The molecule has 0 bridgehead atoms. The lowest BCUT2D eigenvalue weighted by molar-refractivity contribution is 0.0691. The molecule has 1 aromatic heterocycles. The summed E-state index contributed by atoms with van der Waals surface area (Å²) in [6.45, 7) is 4.90. The van der Waals surface area contributed by atoms with Gasteiger partial charge in [0, 0.05) is 24.7 Å². The molecule has 0 unspecified atom stereocenters. The number of benzene rings is 2. The van der Waals surface area contributed by atoms with Crippen LogP contribution < -0.4 is 14.8 Å². The van der Waals surface area contributed by atoms with Gasteiger partial charge in [-0.3, -0.25) is 9.59 Å². The van der Waals surface area contributed by atoms with Crippen LogP contribution in [0.3, 0.4) is 0 Å². The molecule has 1 aliphatic heterocycles. The average Bonchev–Trinajstić information content (AvgIpc) is 2.83. The first-order valence-electron chi connectivity index (χ1n) is 11.0. The number of fused-ring (bicyclic) bond motifs is 1. The Balaban J connectivity index is 1.41. The smallest absolute Gasteiger partial charge is 0.261 e. The molecule has 1 fully saturated rings. The first-order valence-corrected chi connectivity index (χ1v) is 11.0. The van der Waals surface area contributed by atoms with E-state index in [-0.39, 0.29) is 17.9 Å². The van der Waals surface area contributed by atoms with Crippen LogP contribution in [0.15, 0.2) is 36.4 Å². The number of hydrogen-bond acceptors (Lipinski definition) is 6. The summed E-state index contributed by atoms with van der Waals surface area (Å²) in [5.41, 5.74) is 4.19. The van der Waals surface area contributed by atoms with Crippen molar-refractivity contribution in [1.82, 2.24) is 20.2 Å². The zero-order chi connectivity index (χ0) is 23.5. The molecule has 33 heavy (non-hydrogen) atoms. The van der Waals surface area contributed by atoms with E-state index in [1.54, 1.807) is 35.2 Å². The average molecular weight is 449 g/mol. The molecule has 2 heterocycles. The molecule has 0 aliphatic carbocycles. The zero-order valence-electron chi connectivity index (χ0n) is 19.3. The normalized spacial score (nSPS) is 14.2. The summed E-state index contributed by atoms with van der Waals surface area (Å²) in [6, 6.07) is 10.6. The van der Waals surface area contributed by atoms with Gasteiger partial charge in [-0.25, -0.2) is 9.97 Å². The predicted molar refractivity (Wildman–Crippen MR) is 125 cm³/mol. The van der Waals surface area contributed by atoms with Crippen LogP contribution >= 0.6 is 0 Å². The van der Waals surface area contributed by atoms with E-state index >= 15 is 0 Å². The summed E-state index contributed by atoms with van der Waals surface area (Å²) in [4.78, 5) is 36.8. The third-order valence-electron chi connectivity index (χ3n) is 6.10. The summed E-state index contributed by atoms with van der Waals surface area (Å²) < 4.78 is 10.7. The summed E-state index contributed by atoms with van der Waals surface area (Å²) >= 11 is 0. The van der Waals surface area contributed by atoms with Gasteiger partial charge < -0.3 is 19.7 Å². The number of nitrogens with one attached hydrogen (secondary N) is 1. The molecule has 8 nitrogen and oxygen atoms in total. The van der Waals surface area contributed by atoms with E-state index in [0.29, 0.717) is 54.1 Å². The molecule has 8 heteroatoms. The molecule has 3 aromatic rings. The van der Waals surface area contributed by atoms with E-state index in [2.05, 4.69) is 15.3 Å². The number of piperidine rings is 1. The maximum Gasteiger partial charge on any atom is 0.261 e. The highest BCUT2D eigenvalue weighted by Gasteiger charge is 2.28. The molecular formula is C25H28N4O4. The van der Waals surface area contributed by atoms with Crippen LogP contribution in [-0.4, -0.2) is 60.0 Å². The fourth-order valence-corrected chi connectivity index (χ4v) is 4.09. The molecule has 0 radical (unpaired) electrons. The molecule has 0 saturated carbocycles. The number of hydrogen-bond donors (Lipinski definition) is 1. The predicted octanol–water partition coefficient (Wildman–Crippen LogP) is 3.30. The van der Waals surface area contributed by atoms with Gasteiger partial charge >= 0.3 is 0 Å². The molecule has 1 N–H and O–H groups in total. The zero-order valence-corrected chi connectivity index (χ0v) is 19.3. The van der Waals surface area contributed by atoms with Gasteiger partial charge in [-0.15, -0.1) is 0 Å². The van der Waals surface area contributed by atoms with Crippen molar-refractivity contribution in [3.63, 3.8) is 0 Å². The molecule has 1 aliphatic rings. The van der Waals surface area contributed by atoms with E-state index in [4.69, 9.17) is 9.47 Å². The minimum atomic E-state index is -0.145. The first-order chi connectivity index (χ1) is 15.9. The third kappa shape index (κ3) is 4.60. The van der Waals surface area contributed by atoms with Crippen LogP contribution in [0.25, 0.3) is 11.0 Å². The number of aryl methyl sites for hydroxylation is 2. The Bertz CT molecular complexity index is 1180. The largest absolute Gasteiger partial charge is 0.496 e. The van der Waals surface area contributed by atoms with Crippen molar-refractivity contribution in [3.05, 3.63) is 58.9 Å². The molecule has 0 atom stereocenters. The van der Waals surface area contributed by atoms with E-state index < -0.39 is 0 Å². The van der Waals surface area contributed by atoms with Crippen molar-refractivity contribution in [2.24, 2.45) is 0 Å². The van der Waals surface area contributed by atoms with Gasteiger partial charge in [0.1, 0.15) is 17.1 Å². The van der Waals surface area contributed by atoms with E-state index in [0.717, 1.165) is 16.9 Å². The third-order valence-corrected chi connectivity index (χ3v) is 6.10. The Hall–Kier alpha value is -3.68. The highest BCUT2D eigenvalue weighted by molar-refractivity contribution is 6.00. The Kier molecular flexibility index (Phi) is 6.44. The molecule has 0 spiro atoms. The number of carbonyl (C=O) groups excluding carboxylic acids is 2. The lowest BCUT2D eigenvalue weighted by atomic mass is 10.0. The van der Waals surface area contributed by atoms with Gasteiger partial charge in [0.05, 0.1) is 36.6 Å². The van der Waals surface area contributed by atoms with E-state index in [1.807, 2.05) is 19.9 Å². The lowest BCUT2D eigenvalue weighted by Crippen LogP contribution is -2.46. The summed E-state index contributed by atoms with van der Waals surface area (Å²) in [5.74, 6) is 0.695. The van der Waals surface area contributed by atoms with Gasteiger partial charge in [0.2, 0.25) is 0 Å². The molecule has 4 rings (SSSR count). The summed E-state index contributed by atoms with van der Waals surface area (Å²) in [6.07, 6.45) is 1.33. The van der Waals surface area contributed by atoms with Crippen molar-refractivity contribution in [2.75, 3.05) is 27.3 Å². The van der Waals surface area contributed by atoms with Crippen molar-refractivity contribution in [1.29, 1.82) is 0 Å². The van der Waals surface area contributed by atoms with Gasteiger partial charge in [-0.1, -0.05) is 6.07 Å². The molecule has 1 saturated heterocycles.